The number of urea groups is 1. The predicted molar refractivity (Wildman–Crippen MR) is 83.9 cm³/mol. The van der Waals surface area contributed by atoms with Crippen LogP contribution in [0.2, 0.25) is 0 Å². The highest BCUT2D eigenvalue weighted by molar-refractivity contribution is 6.22. The molecular formula is C16H13N3O4. The highest BCUT2D eigenvalue weighted by Gasteiger charge is 2.26. The maximum atomic E-state index is 12.0. The van der Waals surface area contributed by atoms with E-state index in [-0.39, 0.29) is 5.56 Å². The summed E-state index contributed by atoms with van der Waals surface area (Å²) >= 11 is 0. The van der Waals surface area contributed by atoms with Crippen molar-refractivity contribution in [3.05, 3.63) is 53.6 Å². The fourth-order valence-corrected chi connectivity index (χ4v) is 2.24. The summed E-state index contributed by atoms with van der Waals surface area (Å²) in [5.74, 6) is -0.283. The molecule has 2 aromatic rings. The van der Waals surface area contributed by atoms with E-state index in [1.54, 1.807) is 30.3 Å². The van der Waals surface area contributed by atoms with Crippen LogP contribution in [0, 0.1) is 0 Å². The summed E-state index contributed by atoms with van der Waals surface area (Å²) in [4.78, 5) is 35.1. The number of carbonyl (C=O) groups is 3. The Hall–Kier alpha value is -3.35. The number of ether oxygens (including phenoxy) is 1. The summed E-state index contributed by atoms with van der Waals surface area (Å²) in [6.07, 6.45) is 0. The molecule has 23 heavy (non-hydrogen) atoms. The fraction of sp³-hybridized carbons (Fsp3) is 0.0625. The molecule has 7 nitrogen and oxygen atoms in total. The minimum absolute atomic E-state index is 0.245. The van der Waals surface area contributed by atoms with Crippen LogP contribution in [0.15, 0.2) is 42.5 Å². The van der Waals surface area contributed by atoms with E-state index in [1.807, 2.05) is 0 Å². The minimum atomic E-state index is -0.471. The van der Waals surface area contributed by atoms with Crippen molar-refractivity contribution in [2.45, 2.75) is 0 Å². The lowest BCUT2D eigenvalue weighted by atomic mass is 10.1. The highest BCUT2D eigenvalue weighted by Crippen LogP contribution is 2.21. The molecule has 4 amide bonds. The van der Waals surface area contributed by atoms with Gasteiger partial charge in [0.25, 0.3) is 11.8 Å². The van der Waals surface area contributed by atoms with Gasteiger partial charge in [0.2, 0.25) is 0 Å². The Kier molecular flexibility index (Phi) is 3.68. The van der Waals surface area contributed by atoms with Gasteiger partial charge in [-0.15, -0.1) is 0 Å². The first-order valence-corrected chi connectivity index (χ1v) is 6.78. The standard InChI is InChI=1S/C16H13N3O4/c1-23-11-4-2-3-9(7-11)17-16(22)18-10-5-6-12-13(8-10)15(21)19-14(12)20/h2-8H,1H3,(H2,17,18,22)(H,19,20,21). The zero-order valence-corrected chi connectivity index (χ0v) is 12.2. The zero-order chi connectivity index (χ0) is 16.4. The molecule has 1 aliphatic heterocycles. The Balaban J connectivity index is 1.72. The molecule has 0 bridgehead atoms. The molecule has 0 spiro atoms. The van der Waals surface area contributed by atoms with Crippen LogP contribution < -0.4 is 20.7 Å². The van der Waals surface area contributed by atoms with Crippen LogP contribution in [0.1, 0.15) is 20.7 Å². The van der Waals surface area contributed by atoms with Gasteiger partial charge in [0, 0.05) is 17.4 Å². The largest absolute Gasteiger partial charge is 0.497 e. The molecule has 0 atom stereocenters. The first kappa shape index (κ1) is 14.6. The quantitative estimate of drug-likeness (QED) is 0.757. The van der Waals surface area contributed by atoms with Gasteiger partial charge in [-0.3, -0.25) is 14.9 Å². The van der Waals surface area contributed by atoms with Crippen LogP contribution in [0.4, 0.5) is 16.2 Å². The van der Waals surface area contributed by atoms with Crippen molar-refractivity contribution < 1.29 is 19.1 Å². The number of hydrogen-bond donors (Lipinski definition) is 3. The van der Waals surface area contributed by atoms with Gasteiger partial charge in [0.15, 0.2) is 0 Å². The minimum Gasteiger partial charge on any atom is -0.497 e. The topological polar surface area (TPSA) is 96.5 Å². The number of rotatable bonds is 3. The number of imide groups is 1. The second-order valence-corrected chi connectivity index (χ2v) is 4.85. The van der Waals surface area contributed by atoms with Crippen LogP contribution >= 0.6 is 0 Å². The molecule has 0 radical (unpaired) electrons. The third-order valence-corrected chi connectivity index (χ3v) is 3.32. The van der Waals surface area contributed by atoms with E-state index in [0.29, 0.717) is 22.7 Å². The molecule has 0 fully saturated rings. The monoisotopic (exact) mass is 311 g/mol. The normalized spacial score (nSPS) is 12.4. The number of nitrogens with one attached hydrogen (secondary N) is 3. The first-order chi connectivity index (χ1) is 11.1. The van der Waals surface area contributed by atoms with Gasteiger partial charge in [-0.25, -0.2) is 4.79 Å². The third-order valence-electron chi connectivity index (χ3n) is 3.32. The maximum absolute atomic E-state index is 12.0. The number of fused-ring (bicyclic) bond motifs is 1. The van der Waals surface area contributed by atoms with Crippen molar-refractivity contribution in [1.82, 2.24) is 5.32 Å². The van der Waals surface area contributed by atoms with Crippen molar-refractivity contribution in [2.24, 2.45) is 0 Å². The van der Waals surface area contributed by atoms with Gasteiger partial charge >= 0.3 is 6.03 Å². The van der Waals surface area contributed by atoms with Gasteiger partial charge in [0.1, 0.15) is 5.75 Å². The lowest BCUT2D eigenvalue weighted by Crippen LogP contribution is -2.20. The van der Waals surface area contributed by atoms with Crippen molar-refractivity contribution in [1.29, 1.82) is 0 Å². The Morgan fingerprint density at radius 3 is 2.39 bits per heavy atom. The zero-order valence-electron chi connectivity index (χ0n) is 12.2. The average Bonchev–Trinajstić information content (AvgIpc) is 2.81. The number of amides is 4. The van der Waals surface area contributed by atoms with Crippen LogP contribution in [0.5, 0.6) is 5.75 Å². The van der Waals surface area contributed by atoms with Gasteiger partial charge < -0.3 is 15.4 Å². The molecule has 0 saturated carbocycles. The molecule has 2 aromatic carbocycles. The van der Waals surface area contributed by atoms with Crippen LogP contribution in [0.25, 0.3) is 0 Å². The van der Waals surface area contributed by atoms with E-state index < -0.39 is 17.8 Å². The van der Waals surface area contributed by atoms with E-state index in [1.165, 1.54) is 19.2 Å². The maximum Gasteiger partial charge on any atom is 0.323 e. The molecule has 7 heteroatoms. The molecule has 0 aromatic heterocycles. The number of carbonyl (C=O) groups excluding carboxylic acids is 3. The van der Waals surface area contributed by atoms with E-state index in [0.717, 1.165) is 0 Å². The van der Waals surface area contributed by atoms with E-state index in [9.17, 15) is 14.4 Å². The van der Waals surface area contributed by atoms with Gasteiger partial charge in [-0.05, 0) is 30.3 Å². The summed E-state index contributed by atoms with van der Waals surface area (Å²) in [6.45, 7) is 0. The highest BCUT2D eigenvalue weighted by atomic mass is 16.5. The first-order valence-electron chi connectivity index (χ1n) is 6.78. The van der Waals surface area contributed by atoms with Crippen molar-refractivity contribution >= 4 is 29.2 Å². The van der Waals surface area contributed by atoms with E-state index >= 15 is 0 Å². The summed E-state index contributed by atoms with van der Waals surface area (Å²) in [6, 6.07) is 11.0. The fourth-order valence-electron chi connectivity index (χ4n) is 2.24. The smallest absolute Gasteiger partial charge is 0.323 e. The Labute approximate surface area is 131 Å². The van der Waals surface area contributed by atoms with E-state index in [2.05, 4.69) is 16.0 Å². The molecule has 116 valence electrons. The molecule has 1 aliphatic rings. The third kappa shape index (κ3) is 2.98. The summed E-state index contributed by atoms with van der Waals surface area (Å²) in [7, 11) is 1.54. The summed E-state index contributed by atoms with van der Waals surface area (Å²) in [5, 5.41) is 7.46. The van der Waals surface area contributed by atoms with E-state index in [4.69, 9.17) is 4.74 Å². The molecule has 3 rings (SSSR count). The second kappa shape index (κ2) is 5.80. The molecule has 0 saturated heterocycles. The molecule has 0 unspecified atom stereocenters. The van der Waals surface area contributed by atoms with Gasteiger partial charge in [-0.2, -0.15) is 0 Å². The molecule has 3 N–H and O–H groups in total. The second-order valence-electron chi connectivity index (χ2n) is 4.85. The van der Waals surface area contributed by atoms with Crippen molar-refractivity contribution in [2.75, 3.05) is 17.7 Å². The van der Waals surface area contributed by atoms with Gasteiger partial charge in [-0.1, -0.05) is 6.07 Å². The van der Waals surface area contributed by atoms with Crippen molar-refractivity contribution in [3.8, 4) is 5.75 Å². The van der Waals surface area contributed by atoms with Crippen LogP contribution in [-0.2, 0) is 0 Å². The predicted octanol–water partition coefficient (Wildman–Crippen LogP) is 2.22. The lowest BCUT2D eigenvalue weighted by molar-refractivity contribution is 0.0879. The Bertz CT molecular complexity index is 817. The Morgan fingerprint density at radius 1 is 0.957 bits per heavy atom. The van der Waals surface area contributed by atoms with Crippen LogP contribution in [0.3, 0.4) is 0 Å². The number of methoxy groups -OCH3 is 1. The van der Waals surface area contributed by atoms with Crippen LogP contribution in [-0.4, -0.2) is 25.0 Å². The van der Waals surface area contributed by atoms with Crippen molar-refractivity contribution in [3.63, 3.8) is 0 Å². The van der Waals surface area contributed by atoms with Gasteiger partial charge in [0.05, 0.1) is 18.2 Å². The SMILES string of the molecule is COc1cccc(NC(=O)Nc2ccc3c(c2)C(=O)NC3=O)c1. The summed E-state index contributed by atoms with van der Waals surface area (Å²) in [5.41, 5.74) is 1.52. The molecular weight excluding hydrogens is 298 g/mol. The number of benzene rings is 2. The average molecular weight is 311 g/mol. The summed E-state index contributed by atoms with van der Waals surface area (Å²) < 4.78 is 5.08. The molecule has 0 aliphatic carbocycles. The number of hydrogen-bond acceptors (Lipinski definition) is 4. The Morgan fingerprint density at radius 2 is 1.65 bits per heavy atom. The number of anilines is 2. The molecule has 1 heterocycles. The lowest BCUT2D eigenvalue weighted by Gasteiger charge is -2.09.